The number of carbonyl (C=O) groups is 3. The van der Waals surface area contributed by atoms with Crippen molar-refractivity contribution in [3.05, 3.63) is 70.4 Å². The van der Waals surface area contributed by atoms with Gasteiger partial charge in [0.25, 0.3) is 0 Å². The predicted molar refractivity (Wildman–Crippen MR) is 116 cm³/mol. The van der Waals surface area contributed by atoms with E-state index in [1.165, 1.54) is 0 Å². The van der Waals surface area contributed by atoms with Crippen LogP contribution in [0.15, 0.2) is 60.0 Å². The van der Waals surface area contributed by atoms with Crippen molar-refractivity contribution in [1.82, 2.24) is 10.6 Å². The summed E-state index contributed by atoms with van der Waals surface area (Å²) in [5.41, 5.74) is 0.823. The van der Waals surface area contributed by atoms with Gasteiger partial charge in [0.15, 0.2) is 0 Å². The molecule has 2 N–H and O–H groups in total. The van der Waals surface area contributed by atoms with Crippen LogP contribution in [0.1, 0.15) is 42.2 Å². The standard InChI is InChI=1S/C23H26N2O4S/c26-21(24-15-19-11-7-13-30-19)14-18-10-5-2-6-12-22(27)29-20(16-25-23(18)28)17-8-3-1-4-9-17/h1-5,7-9,11,13,18,20H,6,10,12,14-16H2,(H,24,26)(H,25,28)/b5-2+/t18-,20-/m0/s1. The summed E-state index contributed by atoms with van der Waals surface area (Å²) in [6.45, 7) is 0.637. The number of benzene rings is 1. The van der Waals surface area contributed by atoms with Crippen molar-refractivity contribution in [2.24, 2.45) is 5.92 Å². The van der Waals surface area contributed by atoms with E-state index in [0.717, 1.165) is 10.4 Å². The molecule has 0 spiro atoms. The fraction of sp³-hybridized carbons (Fsp3) is 0.348. The van der Waals surface area contributed by atoms with Gasteiger partial charge in [-0.15, -0.1) is 11.3 Å². The number of thiophene rings is 1. The van der Waals surface area contributed by atoms with Crippen LogP contribution >= 0.6 is 11.3 Å². The predicted octanol–water partition coefficient (Wildman–Crippen LogP) is 3.51. The lowest BCUT2D eigenvalue weighted by molar-refractivity contribution is -0.150. The summed E-state index contributed by atoms with van der Waals surface area (Å²) >= 11 is 1.58. The zero-order chi connectivity index (χ0) is 21.2. The number of ether oxygens (including phenoxy) is 1. The highest BCUT2D eigenvalue weighted by Crippen LogP contribution is 2.19. The third-order valence-electron chi connectivity index (χ3n) is 4.85. The van der Waals surface area contributed by atoms with Crippen LogP contribution in [0.4, 0.5) is 0 Å². The molecule has 0 fully saturated rings. The first kappa shape index (κ1) is 21.8. The summed E-state index contributed by atoms with van der Waals surface area (Å²) in [5.74, 6) is -1.15. The van der Waals surface area contributed by atoms with Crippen LogP contribution in [0.25, 0.3) is 0 Å². The van der Waals surface area contributed by atoms with Gasteiger partial charge >= 0.3 is 5.97 Å². The quantitative estimate of drug-likeness (QED) is 0.566. The normalized spacial score (nSPS) is 21.5. The molecule has 2 amide bonds. The summed E-state index contributed by atoms with van der Waals surface area (Å²) in [5, 5.41) is 7.71. The molecule has 0 saturated carbocycles. The topological polar surface area (TPSA) is 84.5 Å². The zero-order valence-electron chi connectivity index (χ0n) is 16.7. The second kappa shape index (κ2) is 11.3. The highest BCUT2D eigenvalue weighted by Gasteiger charge is 2.24. The van der Waals surface area contributed by atoms with Gasteiger partial charge < -0.3 is 15.4 Å². The van der Waals surface area contributed by atoms with Crippen LogP contribution < -0.4 is 10.6 Å². The molecule has 1 aliphatic rings. The number of carbonyl (C=O) groups excluding carboxylic acids is 3. The summed E-state index contributed by atoms with van der Waals surface area (Å²) in [4.78, 5) is 38.4. The fourth-order valence-corrected chi connectivity index (χ4v) is 3.85. The number of allylic oxidation sites excluding steroid dienone is 2. The van der Waals surface area contributed by atoms with Crippen LogP contribution in [-0.4, -0.2) is 24.3 Å². The minimum atomic E-state index is -0.556. The molecule has 0 saturated heterocycles. The Morgan fingerprint density at radius 3 is 2.73 bits per heavy atom. The lowest BCUT2D eigenvalue weighted by Crippen LogP contribution is -2.37. The Bertz CT molecular complexity index is 865. The van der Waals surface area contributed by atoms with Crippen molar-refractivity contribution in [1.29, 1.82) is 0 Å². The molecular formula is C23H26N2O4S. The van der Waals surface area contributed by atoms with Crippen molar-refractivity contribution in [2.75, 3.05) is 6.54 Å². The van der Waals surface area contributed by atoms with Crippen molar-refractivity contribution >= 4 is 29.1 Å². The number of cyclic esters (lactones) is 1. The first-order valence-electron chi connectivity index (χ1n) is 10.1. The lowest BCUT2D eigenvalue weighted by atomic mass is 9.98. The largest absolute Gasteiger partial charge is 0.456 e. The third kappa shape index (κ3) is 6.84. The molecule has 0 unspecified atom stereocenters. The van der Waals surface area contributed by atoms with E-state index in [0.29, 0.717) is 19.4 Å². The number of nitrogens with one attached hydrogen (secondary N) is 2. The van der Waals surface area contributed by atoms with Crippen LogP contribution in [0.5, 0.6) is 0 Å². The molecule has 0 aliphatic carbocycles. The SMILES string of the molecule is O=C(C[C@@H]1C/C=C/CCC(=O)O[C@H](c2ccccc2)CNC1=O)NCc1cccs1. The van der Waals surface area contributed by atoms with E-state index < -0.39 is 12.0 Å². The third-order valence-corrected chi connectivity index (χ3v) is 5.73. The number of hydrogen-bond donors (Lipinski definition) is 2. The molecule has 1 aromatic carbocycles. The van der Waals surface area contributed by atoms with Gasteiger partial charge in [-0.1, -0.05) is 48.6 Å². The summed E-state index contributed by atoms with van der Waals surface area (Å²) < 4.78 is 5.59. The molecule has 6 nitrogen and oxygen atoms in total. The Balaban J connectivity index is 1.64. The maximum atomic E-state index is 12.8. The Kier molecular flexibility index (Phi) is 8.20. The first-order valence-corrected chi connectivity index (χ1v) is 11.0. The fourth-order valence-electron chi connectivity index (χ4n) is 3.21. The Labute approximate surface area is 180 Å². The van der Waals surface area contributed by atoms with Gasteiger partial charge in [0.05, 0.1) is 19.0 Å². The smallest absolute Gasteiger partial charge is 0.306 e. The molecule has 2 heterocycles. The van der Waals surface area contributed by atoms with E-state index in [1.807, 2.05) is 60.0 Å². The van der Waals surface area contributed by atoms with Crippen molar-refractivity contribution in [2.45, 2.75) is 38.3 Å². The van der Waals surface area contributed by atoms with Gasteiger partial charge in [0.1, 0.15) is 6.10 Å². The van der Waals surface area contributed by atoms with Gasteiger partial charge in [0.2, 0.25) is 11.8 Å². The molecule has 7 heteroatoms. The second-order valence-electron chi connectivity index (χ2n) is 7.14. The van der Waals surface area contributed by atoms with Crippen molar-refractivity contribution < 1.29 is 19.1 Å². The van der Waals surface area contributed by atoms with Crippen molar-refractivity contribution in [3.8, 4) is 0 Å². The molecule has 1 aromatic heterocycles. The number of hydrogen-bond acceptors (Lipinski definition) is 5. The highest BCUT2D eigenvalue weighted by molar-refractivity contribution is 7.09. The summed E-state index contributed by atoms with van der Waals surface area (Å²) in [6.07, 6.45) is 4.55. The van der Waals surface area contributed by atoms with E-state index in [2.05, 4.69) is 10.6 Å². The first-order chi connectivity index (χ1) is 14.6. The highest BCUT2D eigenvalue weighted by atomic mass is 32.1. The zero-order valence-corrected chi connectivity index (χ0v) is 17.5. The molecule has 3 rings (SSSR count). The van der Waals surface area contributed by atoms with Crippen LogP contribution in [0, 0.1) is 5.92 Å². The molecule has 0 bridgehead atoms. The van der Waals surface area contributed by atoms with Crippen LogP contribution in [-0.2, 0) is 25.7 Å². The Morgan fingerprint density at radius 2 is 1.97 bits per heavy atom. The molecule has 2 atom stereocenters. The van der Waals surface area contributed by atoms with Crippen LogP contribution in [0.2, 0.25) is 0 Å². The second-order valence-corrected chi connectivity index (χ2v) is 8.17. The average Bonchev–Trinajstić information content (AvgIpc) is 3.27. The summed E-state index contributed by atoms with van der Waals surface area (Å²) in [7, 11) is 0. The maximum absolute atomic E-state index is 12.8. The monoisotopic (exact) mass is 426 g/mol. The van der Waals surface area contributed by atoms with Gasteiger partial charge in [0, 0.05) is 17.7 Å². The van der Waals surface area contributed by atoms with E-state index in [9.17, 15) is 14.4 Å². The number of esters is 1. The molecule has 30 heavy (non-hydrogen) atoms. The minimum Gasteiger partial charge on any atom is -0.456 e. The molecule has 2 aromatic rings. The minimum absolute atomic E-state index is 0.108. The Hall–Kier alpha value is -2.93. The van der Waals surface area contributed by atoms with E-state index in [-0.39, 0.29) is 37.2 Å². The van der Waals surface area contributed by atoms with Gasteiger partial charge in [-0.3, -0.25) is 14.4 Å². The number of amides is 2. The van der Waals surface area contributed by atoms with E-state index in [4.69, 9.17) is 4.74 Å². The van der Waals surface area contributed by atoms with E-state index >= 15 is 0 Å². The molecular weight excluding hydrogens is 400 g/mol. The number of rotatable bonds is 5. The lowest BCUT2D eigenvalue weighted by Gasteiger charge is -2.21. The summed E-state index contributed by atoms with van der Waals surface area (Å²) in [6, 6.07) is 13.2. The van der Waals surface area contributed by atoms with Crippen molar-refractivity contribution in [3.63, 3.8) is 0 Å². The van der Waals surface area contributed by atoms with Gasteiger partial charge in [-0.05, 0) is 29.9 Å². The van der Waals surface area contributed by atoms with Gasteiger partial charge in [-0.25, -0.2) is 0 Å². The van der Waals surface area contributed by atoms with Gasteiger partial charge in [-0.2, -0.15) is 0 Å². The molecule has 158 valence electrons. The van der Waals surface area contributed by atoms with E-state index in [1.54, 1.807) is 11.3 Å². The molecule has 0 radical (unpaired) electrons. The average molecular weight is 427 g/mol. The Morgan fingerprint density at radius 1 is 1.13 bits per heavy atom. The van der Waals surface area contributed by atoms with Crippen LogP contribution in [0.3, 0.4) is 0 Å². The molecule has 1 aliphatic heterocycles. The maximum Gasteiger partial charge on any atom is 0.306 e.